The maximum atomic E-state index is 13.0. The molecular formula is C23H28N4O3S. The SMILES string of the molecule is O=C(C1CCN(c2ccncc2)CC1)N1CCN(S(=O)(=O)/C=C/c2ccccc2)CC1. The number of amides is 1. The lowest BCUT2D eigenvalue weighted by molar-refractivity contribution is -0.137. The molecule has 0 radical (unpaired) electrons. The lowest BCUT2D eigenvalue weighted by Gasteiger charge is -2.38. The summed E-state index contributed by atoms with van der Waals surface area (Å²) in [6.45, 7) is 3.26. The molecule has 2 fully saturated rings. The van der Waals surface area contributed by atoms with Gasteiger partial charge < -0.3 is 9.80 Å². The third kappa shape index (κ3) is 5.32. The number of rotatable bonds is 5. The van der Waals surface area contributed by atoms with E-state index < -0.39 is 10.0 Å². The first kappa shape index (κ1) is 21.5. The topological polar surface area (TPSA) is 73.8 Å². The van der Waals surface area contributed by atoms with E-state index >= 15 is 0 Å². The number of hydrogen-bond acceptors (Lipinski definition) is 5. The second-order valence-corrected chi connectivity index (χ2v) is 9.77. The van der Waals surface area contributed by atoms with Crippen molar-refractivity contribution >= 4 is 27.7 Å². The molecule has 0 saturated carbocycles. The van der Waals surface area contributed by atoms with Crippen molar-refractivity contribution in [3.05, 3.63) is 65.8 Å². The quantitative estimate of drug-likeness (QED) is 0.714. The molecule has 2 aliphatic heterocycles. The van der Waals surface area contributed by atoms with Gasteiger partial charge in [-0.2, -0.15) is 4.31 Å². The maximum absolute atomic E-state index is 13.0. The fraction of sp³-hybridized carbons (Fsp3) is 0.391. The zero-order chi connectivity index (χ0) is 21.7. The number of anilines is 1. The Balaban J connectivity index is 1.28. The van der Waals surface area contributed by atoms with E-state index in [1.807, 2.05) is 47.4 Å². The van der Waals surface area contributed by atoms with Crippen LogP contribution in [-0.2, 0) is 14.8 Å². The second-order valence-electron chi connectivity index (χ2n) is 7.95. The molecule has 7 nitrogen and oxygen atoms in total. The highest BCUT2D eigenvalue weighted by atomic mass is 32.2. The summed E-state index contributed by atoms with van der Waals surface area (Å²) in [6.07, 6.45) is 6.83. The van der Waals surface area contributed by atoms with E-state index in [0.29, 0.717) is 26.2 Å². The Morgan fingerprint density at radius 1 is 0.903 bits per heavy atom. The number of piperidine rings is 1. The lowest BCUT2D eigenvalue weighted by atomic mass is 9.94. The van der Waals surface area contributed by atoms with Gasteiger partial charge in [-0.25, -0.2) is 8.42 Å². The van der Waals surface area contributed by atoms with E-state index in [0.717, 1.165) is 37.2 Å². The van der Waals surface area contributed by atoms with E-state index in [-0.39, 0.29) is 11.8 Å². The third-order valence-corrected chi connectivity index (χ3v) is 7.58. The van der Waals surface area contributed by atoms with Crippen LogP contribution >= 0.6 is 0 Å². The smallest absolute Gasteiger partial charge is 0.236 e. The van der Waals surface area contributed by atoms with Crippen LogP contribution in [0.2, 0.25) is 0 Å². The van der Waals surface area contributed by atoms with Gasteiger partial charge in [-0.1, -0.05) is 30.3 Å². The molecular weight excluding hydrogens is 412 g/mol. The summed E-state index contributed by atoms with van der Waals surface area (Å²) in [7, 11) is -3.49. The minimum absolute atomic E-state index is 0.0132. The number of aromatic nitrogens is 1. The van der Waals surface area contributed by atoms with Gasteiger partial charge >= 0.3 is 0 Å². The predicted octanol–water partition coefficient (Wildman–Crippen LogP) is 2.44. The van der Waals surface area contributed by atoms with Gasteiger partial charge in [0.25, 0.3) is 0 Å². The highest BCUT2D eigenvalue weighted by Gasteiger charge is 2.32. The van der Waals surface area contributed by atoms with Crippen LogP contribution in [0.4, 0.5) is 5.69 Å². The van der Waals surface area contributed by atoms with Crippen molar-refractivity contribution in [2.75, 3.05) is 44.2 Å². The number of carbonyl (C=O) groups is 1. The molecule has 1 aromatic carbocycles. The summed E-state index contributed by atoms with van der Waals surface area (Å²) >= 11 is 0. The van der Waals surface area contributed by atoms with Crippen molar-refractivity contribution in [2.45, 2.75) is 12.8 Å². The summed E-state index contributed by atoms with van der Waals surface area (Å²) in [4.78, 5) is 21.2. The minimum atomic E-state index is -3.49. The number of sulfonamides is 1. The normalized spacial score (nSPS) is 19.1. The van der Waals surface area contributed by atoms with Gasteiger partial charge in [-0.15, -0.1) is 0 Å². The Kier molecular flexibility index (Phi) is 6.67. The molecule has 1 aromatic heterocycles. The molecule has 8 heteroatoms. The van der Waals surface area contributed by atoms with Crippen LogP contribution in [-0.4, -0.2) is 67.8 Å². The molecule has 3 heterocycles. The Labute approximate surface area is 184 Å². The molecule has 2 saturated heterocycles. The van der Waals surface area contributed by atoms with Crippen molar-refractivity contribution in [2.24, 2.45) is 5.92 Å². The van der Waals surface area contributed by atoms with Gasteiger partial charge in [0.1, 0.15) is 0 Å². The average molecular weight is 441 g/mol. The molecule has 2 aliphatic rings. The van der Waals surface area contributed by atoms with Crippen LogP contribution in [0.3, 0.4) is 0 Å². The van der Waals surface area contributed by atoms with E-state index in [4.69, 9.17) is 0 Å². The summed E-state index contributed by atoms with van der Waals surface area (Å²) in [5, 5.41) is 1.26. The van der Waals surface area contributed by atoms with Crippen molar-refractivity contribution in [3.8, 4) is 0 Å². The largest absolute Gasteiger partial charge is 0.371 e. The van der Waals surface area contributed by atoms with Gasteiger partial charge in [-0.05, 0) is 36.6 Å². The van der Waals surface area contributed by atoms with Crippen LogP contribution in [0, 0.1) is 5.92 Å². The monoisotopic (exact) mass is 440 g/mol. The molecule has 0 N–H and O–H groups in total. The Hall–Kier alpha value is -2.71. The molecule has 0 bridgehead atoms. The van der Waals surface area contributed by atoms with Crippen LogP contribution in [0.1, 0.15) is 18.4 Å². The van der Waals surface area contributed by atoms with E-state index in [1.165, 1.54) is 9.71 Å². The maximum Gasteiger partial charge on any atom is 0.236 e. The molecule has 0 aliphatic carbocycles. The zero-order valence-electron chi connectivity index (χ0n) is 17.5. The Morgan fingerprint density at radius 2 is 1.55 bits per heavy atom. The molecule has 1 amide bonds. The standard InChI is InChI=1S/C23H28N4O3S/c28-23(21-8-13-25(14-9-21)22-6-11-24-12-7-22)26-15-17-27(18-16-26)31(29,30)19-10-20-4-2-1-3-5-20/h1-7,10-12,19,21H,8-9,13-18H2/b19-10+. The van der Waals surface area contributed by atoms with Crippen molar-refractivity contribution < 1.29 is 13.2 Å². The van der Waals surface area contributed by atoms with Gasteiger partial charge in [0.15, 0.2) is 0 Å². The van der Waals surface area contributed by atoms with Gasteiger partial charge in [0.05, 0.1) is 0 Å². The van der Waals surface area contributed by atoms with Crippen LogP contribution < -0.4 is 4.90 Å². The minimum Gasteiger partial charge on any atom is -0.371 e. The van der Waals surface area contributed by atoms with Gasteiger partial charge in [-0.3, -0.25) is 9.78 Å². The van der Waals surface area contributed by atoms with Crippen molar-refractivity contribution in [1.29, 1.82) is 0 Å². The number of hydrogen-bond donors (Lipinski definition) is 0. The molecule has 2 aromatic rings. The molecule has 164 valence electrons. The van der Waals surface area contributed by atoms with E-state index in [2.05, 4.69) is 9.88 Å². The average Bonchev–Trinajstić information content (AvgIpc) is 2.84. The van der Waals surface area contributed by atoms with Crippen molar-refractivity contribution in [1.82, 2.24) is 14.2 Å². The van der Waals surface area contributed by atoms with Crippen LogP contribution in [0.5, 0.6) is 0 Å². The predicted molar refractivity (Wildman–Crippen MR) is 122 cm³/mol. The van der Waals surface area contributed by atoms with Crippen LogP contribution in [0.15, 0.2) is 60.3 Å². The molecule has 4 rings (SSSR count). The third-order valence-electron chi connectivity index (χ3n) is 6.01. The summed E-state index contributed by atoms with van der Waals surface area (Å²) in [5.74, 6) is 0.172. The first-order chi connectivity index (χ1) is 15.0. The Bertz CT molecular complexity index is 996. The second kappa shape index (κ2) is 9.62. The highest BCUT2D eigenvalue weighted by Crippen LogP contribution is 2.25. The molecule has 0 unspecified atom stereocenters. The summed E-state index contributed by atoms with van der Waals surface area (Å²) in [6, 6.07) is 13.4. The number of carbonyl (C=O) groups excluding carboxylic acids is 1. The number of piperazine rings is 1. The zero-order valence-corrected chi connectivity index (χ0v) is 18.3. The lowest BCUT2D eigenvalue weighted by Crippen LogP contribution is -2.52. The highest BCUT2D eigenvalue weighted by molar-refractivity contribution is 7.92. The molecule has 0 atom stereocenters. The van der Waals surface area contributed by atoms with Crippen LogP contribution in [0.25, 0.3) is 6.08 Å². The van der Waals surface area contributed by atoms with Gasteiger partial charge in [0, 0.05) is 68.7 Å². The van der Waals surface area contributed by atoms with Crippen molar-refractivity contribution in [3.63, 3.8) is 0 Å². The number of pyridine rings is 1. The van der Waals surface area contributed by atoms with Gasteiger partial charge in [0.2, 0.25) is 15.9 Å². The summed E-state index contributed by atoms with van der Waals surface area (Å²) in [5.41, 5.74) is 1.99. The molecule has 0 spiro atoms. The number of nitrogens with zero attached hydrogens (tertiary/aromatic N) is 4. The molecule has 31 heavy (non-hydrogen) atoms. The fourth-order valence-electron chi connectivity index (χ4n) is 4.18. The number of benzene rings is 1. The fourth-order valence-corrected chi connectivity index (χ4v) is 5.35. The Morgan fingerprint density at radius 3 is 2.19 bits per heavy atom. The summed E-state index contributed by atoms with van der Waals surface area (Å²) < 4.78 is 26.7. The first-order valence-corrected chi connectivity index (χ1v) is 12.2. The van der Waals surface area contributed by atoms with E-state index in [1.54, 1.807) is 18.5 Å². The first-order valence-electron chi connectivity index (χ1n) is 10.7. The van der Waals surface area contributed by atoms with E-state index in [9.17, 15) is 13.2 Å².